The molecule has 2 aromatic carbocycles. The van der Waals surface area contributed by atoms with E-state index in [9.17, 15) is 13.6 Å². The second-order valence-corrected chi connectivity index (χ2v) is 6.60. The first-order valence-electron chi connectivity index (χ1n) is 8.69. The first-order chi connectivity index (χ1) is 12.5. The van der Waals surface area contributed by atoms with Gasteiger partial charge in [0.15, 0.2) is 0 Å². The first kappa shape index (κ1) is 18.3. The van der Waals surface area contributed by atoms with Gasteiger partial charge in [-0.05, 0) is 49.6 Å². The molecular formula is C20H22F2N2O2. The Morgan fingerprint density at radius 1 is 1.19 bits per heavy atom. The molecule has 26 heavy (non-hydrogen) atoms. The maximum atomic E-state index is 13.2. The van der Waals surface area contributed by atoms with Crippen LogP contribution in [0.25, 0.3) is 0 Å². The number of amides is 2. The van der Waals surface area contributed by atoms with Crippen LogP contribution in [0.4, 0.5) is 19.3 Å². The molecule has 1 saturated heterocycles. The molecule has 4 nitrogen and oxygen atoms in total. The van der Waals surface area contributed by atoms with Crippen LogP contribution in [-0.4, -0.2) is 30.1 Å². The van der Waals surface area contributed by atoms with Crippen molar-refractivity contribution in [2.24, 2.45) is 0 Å². The van der Waals surface area contributed by atoms with Crippen molar-refractivity contribution in [1.82, 2.24) is 4.90 Å². The minimum absolute atomic E-state index is 0.118. The summed E-state index contributed by atoms with van der Waals surface area (Å²) in [6.45, 7) is 3.22. The van der Waals surface area contributed by atoms with Gasteiger partial charge in [-0.15, -0.1) is 0 Å². The van der Waals surface area contributed by atoms with E-state index in [4.69, 9.17) is 4.74 Å². The fraction of sp³-hybridized carbons (Fsp3) is 0.350. The summed E-state index contributed by atoms with van der Waals surface area (Å²) >= 11 is 0. The van der Waals surface area contributed by atoms with Gasteiger partial charge in [0.25, 0.3) is 0 Å². The summed E-state index contributed by atoms with van der Waals surface area (Å²) in [7, 11) is 0. The Bertz CT molecular complexity index is 745. The number of benzene rings is 2. The van der Waals surface area contributed by atoms with E-state index in [1.54, 1.807) is 4.90 Å². The third kappa shape index (κ3) is 5.02. The molecule has 0 unspecified atom stereocenters. The molecule has 0 aliphatic carbocycles. The van der Waals surface area contributed by atoms with Gasteiger partial charge in [0.05, 0.1) is 12.7 Å². The fourth-order valence-corrected chi connectivity index (χ4v) is 3.01. The van der Waals surface area contributed by atoms with E-state index in [1.807, 2.05) is 31.2 Å². The standard InChI is InChI=1S/C20H22F2N2O2/c1-14-4-6-18(7-5-14)23-20(25)24-8-2-3-19(12-24)26-13-15-9-16(21)11-17(22)10-15/h4-7,9-11,19H,2-3,8,12-13H2,1H3,(H,23,25)/t19-/m0/s1. The number of nitrogens with one attached hydrogen (secondary N) is 1. The average molecular weight is 360 g/mol. The number of hydrogen-bond acceptors (Lipinski definition) is 2. The second kappa shape index (κ2) is 8.27. The summed E-state index contributed by atoms with van der Waals surface area (Å²) in [5.74, 6) is -1.24. The van der Waals surface area contributed by atoms with Gasteiger partial charge in [-0.3, -0.25) is 0 Å². The van der Waals surface area contributed by atoms with Crippen molar-refractivity contribution in [3.05, 3.63) is 65.2 Å². The number of likely N-dealkylation sites (tertiary alicyclic amines) is 1. The number of rotatable bonds is 4. The quantitative estimate of drug-likeness (QED) is 0.873. The van der Waals surface area contributed by atoms with Crippen LogP contribution in [0, 0.1) is 18.6 Å². The number of piperidine rings is 1. The van der Waals surface area contributed by atoms with Gasteiger partial charge in [-0.2, -0.15) is 0 Å². The number of halogens is 2. The van der Waals surface area contributed by atoms with Crippen LogP contribution in [0.5, 0.6) is 0 Å². The fourth-order valence-electron chi connectivity index (χ4n) is 3.01. The maximum Gasteiger partial charge on any atom is 0.321 e. The summed E-state index contributed by atoms with van der Waals surface area (Å²) in [4.78, 5) is 14.1. The van der Waals surface area contributed by atoms with Crippen molar-refractivity contribution in [1.29, 1.82) is 0 Å². The van der Waals surface area contributed by atoms with Crippen LogP contribution >= 0.6 is 0 Å². The van der Waals surface area contributed by atoms with Gasteiger partial charge in [-0.1, -0.05) is 17.7 Å². The highest BCUT2D eigenvalue weighted by Crippen LogP contribution is 2.18. The smallest absolute Gasteiger partial charge is 0.321 e. The molecule has 1 aliphatic heterocycles. The number of carbonyl (C=O) groups is 1. The molecule has 3 rings (SSSR count). The van der Waals surface area contributed by atoms with E-state index in [2.05, 4.69) is 5.32 Å². The van der Waals surface area contributed by atoms with Crippen molar-refractivity contribution in [2.45, 2.75) is 32.5 Å². The molecule has 1 atom stereocenters. The lowest BCUT2D eigenvalue weighted by Crippen LogP contribution is -2.45. The van der Waals surface area contributed by atoms with E-state index in [0.29, 0.717) is 18.7 Å². The molecule has 1 heterocycles. The van der Waals surface area contributed by atoms with Crippen LogP contribution in [-0.2, 0) is 11.3 Å². The number of ether oxygens (including phenoxy) is 1. The van der Waals surface area contributed by atoms with E-state index in [0.717, 1.165) is 30.2 Å². The van der Waals surface area contributed by atoms with Crippen LogP contribution < -0.4 is 5.32 Å². The zero-order valence-corrected chi connectivity index (χ0v) is 14.7. The summed E-state index contributed by atoms with van der Waals surface area (Å²) < 4.78 is 32.2. The van der Waals surface area contributed by atoms with Gasteiger partial charge in [0.2, 0.25) is 0 Å². The lowest BCUT2D eigenvalue weighted by atomic mass is 10.1. The molecular weight excluding hydrogens is 338 g/mol. The average Bonchev–Trinajstić information content (AvgIpc) is 2.61. The molecule has 2 aromatic rings. The zero-order chi connectivity index (χ0) is 18.5. The Kier molecular flexibility index (Phi) is 5.83. The predicted octanol–water partition coefficient (Wildman–Crippen LogP) is 4.49. The Morgan fingerprint density at radius 2 is 1.88 bits per heavy atom. The summed E-state index contributed by atoms with van der Waals surface area (Å²) in [5, 5.41) is 2.88. The molecule has 0 aromatic heterocycles. The third-order valence-electron chi connectivity index (χ3n) is 4.38. The van der Waals surface area contributed by atoms with Gasteiger partial charge in [0.1, 0.15) is 11.6 Å². The number of carbonyl (C=O) groups excluding carboxylic acids is 1. The summed E-state index contributed by atoms with van der Waals surface area (Å²) in [6, 6.07) is 10.8. The zero-order valence-electron chi connectivity index (χ0n) is 14.7. The molecule has 1 aliphatic rings. The van der Waals surface area contributed by atoms with Crippen molar-refractivity contribution in [3.63, 3.8) is 0 Å². The summed E-state index contributed by atoms with van der Waals surface area (Å²) in [5.41, 5.74) is 2.32. The molecule has 2 amide bonds. The lowest BCUT2D eigenvalue weighted by Gasteiger charge is -2.32. The number of aryl methyl sites for hydroxylation is 1. The van der Waals surface area contributed by atoms with E-state index < -0.39 is 11.6 Å². The van der Waals surface area contributed by atoms with Crippen molar-refractivity contribution in [3.8, 4) is 0 Å². The Balaban J connectivity index is 1.53. The van der Waals surface area contributed by atoms with Crippen molar-refractivity contribution in [2.75, 3.05) is 18.4 Å². The molecule has 0 saturated carbocycles. The first-order valence-corrected chi connectivity index (χ1v) is 8.69. The predicted molar refractivity (Wildman–Crippen MR) is 95.9 cm³/mol. The van der Waals surface area contributed by atoms with Crippen LogP contribution in [0.15, 0.2) is 42.5 Å². The largest absolute Gasteiger partial charge is 0.372 e. The Hall–Kier alpha value is -2.47. The van der Waals surface area contributed by atoms with Crippen LogP contribution in [0.2, 0.25) is 0 Å². The highest BCUT2D eigenvalue weighted by atomic mass is 19.1. The summed E-state index contributed by atoms with van der Waals surface area (Å²) in [6.07, 6.45) is 1.48. The van der Waals surface area contributed by atoms with Crippen molar-refractivity contribution >= 4 is 11.7 Å². The lowest BCUT2D eigenvalue weighted by molar-refractivity contribution is 0.000844. The molecule has 138 valence electrons. The Labute approximate surface area is 151 Å². The van der Waals surface area contributed by atoms with Crippen LogP contribution in [0.3, 0.4) is 0 Å². The SMILES string of the molecule is Cc1ccc(NC(=O)N2CCC[C@H](OCc3cc(F)cc(F)c3)C2)cc1. The highest BCUT2D eigenvalue weighted by molar-refractivity contribution is 5.89. The monoisotopic (exact) mass is 360 g/mol. The molecule has 1 N–H and O–H groups in total. The minimum Gasteiger partial charge on any atom is -0.372 e. The normalized spacial score (nSPS) is 17.2. The number of hydrogen-bond donors (Lipinski definition) is 1. The topological polar surface area (TPSA) is 41.6 Å². The van der Waals surface area contributed by atoms with Gasteiger partial charge in [0, 0.05) is 24.8 Å². The van der Waals surface area contributed by atoms with E-state index in [-0.39, 0.29) is 18.7 Å². The second-order valence-electron chi connectivity index (χ2n) is 6.60. The van der Waals surface area contributed by atoms with Crippen molar-refractivity contribution < 1.29 is 18.3 Å². The molecule has 6 heteroatoms. The third-order valence-corrected chi connectivity index (χ3v) is 4.38. The maximum absolute atomic E-state index is 13.2. The van der Waals surface area contributed by atoms with Crippen LogP contribution in [0.1, 0.15) is 24.0 Å². The van der Waals surface area contributed by atoms with Gasteiger partial charge in [-0.25, -0.2) is 13.6 Å². The Morgan fingerprint density at radius 3 is 2.58 bits per heavy atom. The number of nitrogens with zero attached hydrogens (tertiary/aromatic N) is 1. The molecule has 1 fully saturated rings. The molecule has 0 bridgehead atoms. The number of anilines is 1. The van der Waals surface area contributed by atoms with E-state index >= 15 is 0 Å². The highest BCUT2D eigenvalue weighted by Gasteiger charge is 2.24. The minimum atomic E-state index is -0.619. The van der Waals surface area contributed by atoms with Gasteiger partial charge >= 0.3 is 6.03 Å². The molecule has 0 radical (unpaired) electrons. The van der Waals surface area contributed by atoms with E-state index in [1.165, 1.54) is 12.1 Å². The van der Waals surface area contributed by atoms with Gasteiger partial charge < -0.3 is 15.0 Å². The molecule has 0 spiro atoms. The number of urea groups is 1.